The minimum atomic E-state index is -4.48. The number of halogens is 3. The number of rotatable bonds is 6. The molecule has 0 saturated carbocycles. The van der Waals surface area contributed by atoms with Gasteiger partial charge in [0.15, 0.2) is 0 Å². The quantitative estimate of drug-likeness (QED) is 0.659. The first-order valence-electron chi connectivity index (χ1n) is 8.60. The summed E-state index contributed by atoms with van der Waals surface area (Å²) in [6.07, 6.45) is -3.51. The molecule has 0 aliphatic rings. The van der Waals surface area contributed by atoms with Crippen molar-refractivity contribution < 1.29 is 27.9 Å². The Balaban J connectivity index is 1.82. The third-order valence-corrected chi connectivity index (χ3v) is 4.10. The predicted molar refractivity (Wildman–Crippen MR) is 98.5 cm³/mol. The highest BCUT2D eigenvalue weighted by molar-refractivity contribution is 6.39. The van der Waals surface area contributed by atoms with Crippen molar-refractivity contribution in [1.82, 2.24) is 5.32 Å². The van der Waals surface area contributed by atoms with Gasteiger partial charge in [0, 0.05) is 12.2 Å². The van der Waals surface area contributed by atoms with Crippen LogP contribution in [0.4, 0.5) is 18.9 Å². The summed E-state index contributed by atoms with van der Waals surface area (Å²) in [5.74, 6) is -2.02. The molecular weight excluding hydrogens is 373 g/mol. The van der Waals surface area contributed by atoms with Gasteiger partial charge >= 0.3 is 18.0 Å². The molecule has 28 heavy (non-hydrogen) atoms. The van der Waals surface area contributed by atoms with Crippen LogP contribution in [0.25, 0.3) is 0 Å². The van der Waals surface area contributed by atoms with Crippen LogP contribution in [0.3, 0.4) is 0 Å². The Morgan fingerprint density at radius 1 is 0.964 bits per heavy atom. The molecule has 0 fully saturated rings. The van der Waals surface area contributed by atoms with Crippen LogP contribution >= 0.6 is 0 Å². The summed E-state index contributed by atoms with van der Waals surface area (Å²) in [5.41, 5.74) is -0.984. The highest BCUT2D eigenvalue weighted by Gasteiger charge is 2.30. The third-order valence-electron chi connectivity index (χ3n) is 4.10. The highest BCUT2D eigenvalue weighted by atomic mass is 19.4. The van der Waals surface area contributed by atoms with Gasteiger partial charge in [-0.1, -0.05) is 30.3 Å². The number of aryl methyl sites for hydroxylation is 1. The van der Waals surface area contributed by atoms with Crippen molar-refractivity contribution in [2.24, 2.45) is 0 Å². The number of benzene rings is 2. The molecule has 150 valence electrons. The lowest BCUT2D eigenvalue weighted by atomic mass is 9.97. The molecule has 5 nitrogen and oxygen atoms in total. The number of carbonyl (C=O) groups is 2. The summed E-state index contributed by atoms with van der Waals surface area (Å²) >= 11 is 0. The number of alkyl halides is 3. The molecule has 0 bridgehead atoms. The molecular formula is C20H21F3N2O3. The molecule has 1 unspecified atom stereocenters. The van der Waals surface area contributed by atoms with Gasteiger partial charge in [-0.25, -0.2) is 0 Å². The molecule has 0 heterocycles. The summed E-state index contributed by atoms with van der Waals surface area (Å²) in [5, 5.41) is 14.9. The van der Waals surface area contributed by atoms with Gasteiger partial charge in [-0.15, -0.1) is 0 Å². The van der Waals surface area contributed by atoms with Crippen molar-refractivity contribution in [2.75, 3.05) is 11.9 Å². The molecule has 0 aromatic heterocycles. The zero-order valence-electron chi connectivity index (χ0n) is 15.2. The number of hydrogen-bond donors (Lipinski definition) is 3. The Bertz CT molecular complexity index is 804. The maximum atomic E-state index is 12.5. The fourth-order valence-electron chi connectivity index (χ4n) is 2.43. The maximum absolute atomic E-state index is 12.5. The first kappa shape index (κ1) is 21.4. The summed E-state index contributed by atoms with van der Waals surface area (Å²) in [4.78, 5) is 23.7. The minimum Gasteiger partial charge on any atom is -0.388 e. The van der Waals surface area contributed by atoms with E-state index < -0.39 is 29.2 Å². The number of aliphatic hydroxyl groups is 1. The van der Waals surface area contributed by atoms with E-state index in [1.54, 1.807) is 6.92 Å². The largest absolute Gasteiger partial charge is 0.416 e. The molecule has 1 atom stereocenters. The van der Waals surface area contributed by atoms with E-state index in [9.17, 15) is 27.9 Å². The Morgan fingerprint density at radius 3 is 2.14 bits per heavy atom. The summed E-state index contributed by atoms with van der Waals surface area (Å²) in [6.45, 7) is 1.41. The molecule has 2 amide bonds. The molecule has 0 radical (unpaired) electrons. The second kappa shape index (κ2) is 8.88. The predicted octanol–water partition coefficient (Wildman–Crippen LogP) is 3.14. The van der Waals surface area contributed by atoms with Crippen LogP contribution < -0.4 is 10.6 Å². The SMILES string of the molecule is CC(O)(CCc1ccccc1)CNC(=O)C(=O)Nc1ccc(C(F)(F)F)cc1. The molecule has 3 N–H and O–H groups in total. The van der Waals surface area contributed by atoms with Gasteiger partial charge < -0.3 is 15.7 Å². The minimum absolute atomic E-state index is 0.0592. The zero-order chi connectivity index (χ0) is 20.8. The Kier molecular flexibility index (Phi) is 6.80. The lowest BCUT2D eigenvalue weighted by molar-refractivity contribution is -0.137. The Morgan fingerprint density at radius 2 is 1.57 bits per heavy atom. The van der Waals surface area contributed by atoms with E-state index in [4.69, 9.17) is 0 Å². The summed E-state index contributed by atoms with van der Waals surface area (Å²) in [6, 6.07) is 13.2. The number of carbonyl (C=O) groups excluding carboxylic acids is 2. The molecule has 0 aliphatic heterocycles. The molecule has 0 saturated heterocycles. The van der Waals surface area contributed by atoms with Gasteiger partial charge in [0.25, 0.3) is 0 Å². The number of amides is 2. The monoisotopic (exact) mass is 394 g/mol. The molecule has 2 aromatic carbocycles. The fraction of sp³-hybridized carbons (Fsp3) is 0.300. The van der Waals surface area contributed by atoms with Crippen molar-refractivity contribution >= 4 is 17.5 Å². The smallest absolute Gasteiger partial charge is 0.388 e. The average molecular weight is 394 g/mol. The van der Waals surface area contributed by atoms with Gasteiger partial charge in [-0.3, -0.25) is 9.59 Å². The second-order valence-electron chi connectivity index (χ2n) is 6.69. The normalized spacial score (nSPS) is 13.5. The first-order valence-corrected chi connectivity index (χ1v) is 8.60. The molecule has 2 aromatic rings. The van der Waals surface area contributed by atoms with E-state index in [2.05, 4.69) is 10.6 Å². The topological polar surface area (TPSA) is 78.4 Å². The van der Waals surface area contributed by atoms with E-state index in [0.717, 1.165) is 29.8 Å². The van der Waals surface area contributed by atoms with Crippen LogP contribution in [0, 0.1) is 0 Å². The van der Waals surface area contributed by atoms with Gasteiger partial charge in [-0.2, -0.15) is 13.2 Å². The van der Waals surface area contributed by atoms with E-state index in [-0.39, 0.29) is 12.2 Å². The van der Waals surface area contributed by atoms with Crippen LogP contribution in [0.2, 0.25) is 0 Å². The third kappa shape index (κ3) is 6.70. The van der Waals surface area contributed by atoms with Crippen LogP contribution in [-0.2, 0) is 22.2 Å². The molecule has 0 spiro atoms. The lowest BCUT2D eigenvalue weighted by Gasteiger charge is -2.23. The maximum Gasteiger partial charge on any atom is 0.416 e. The summed E-state index contributed by atoms with van der Waals surface area (Å²) < 4.78 is 37.6. The standard InChI is InChI=1S/C20H21F3N2O3/c1-19(28,12-11-14-5-3-2-4-6-14)13-24-17(26)18(27)25-16-9-7-15(8-10-16)20(21,22)23/h2-10,28H,11-13H2,1H3,(H,24,26)(H,25,27). The molecule has 0 aliphatic carbocycles. The zero-order valence-corrected chi connectivity index (χ0v) is 15.2. The van der Waals surface area contributed by atoms with E-state index >= 15 is 0 Å². The Hall–Kier alpha value is -2.87. The van der Waals surface area contributed by atoms with Crippen molar-refractivity contribution in [3.63, 3.8) is 0 Å². The number of anilines is 1. The van der Waals surface area contributed by atoms with Crippen molar-refractivity contribution in [3.8, 4) is 0 Å². The van der Waals surface area contributed by atoms with Crippen LogP contribution in [-0.4, -0.2) is 29.1 Å². The van der Waals surface area contributed by atoms with Crippen molar-refractivity contribution in [2.45, 2.75) is 31.5 Å². The van der Waals surface area contributed by atoms with Crippen molar-refractivity contribution in [3.05, 3.63) is 65.7 Å². The highest BCUT2D eigenvalue weighted by Crippen LogP contribution is 2.29. The van der Waals surface area contributed by atoms with Crippen LogP contribution in [0.1, 0.15) is 24.5 Å². The first-order chi connectivity index (χ1) is 13.1. The second-order valence-corrected chi connectivity index (χ2v) is 6.69. The molecule has 2 rings (SSSR count). The average Bonchev–Trinajstić information content (AvgIpc) is 2.65. The van der Waals surface area contributed by atoms with Crippen molar-refractivity contribution in [1.29, 1.82) is 0 Å². The Labute approximate surface area is 160 Å². The summed E-state index contributed by atoms with van der Waals surface area (Å²) in [7, 11) is 0. The molecule has 8 heteroatoms. The fourth-order valence-corrected chi connectivity index (χ4v) is 2.43. The van der Waals surface area contributed by atoms with E-state index in [0.29, 0.717) is 12.8 Å². The number of nitrogens with one attached hydrogen (secondary N) is 2. The van der Waals surface area contributed by atoms with Gasteiger partial charge in [0.1, 0.15) is 0 Å². The number of hydrogen-bond acceptors (Lipinski definition) is 3. The van der Waals surface area contributed by atoms with Gasteiger partial charge in [0.2, 0.25) is 0 Å². The van der Waals surface area contributed by atoms with Gasteiger partial charge in [0.05, 0.1) is 11.2 Å². The van der Waals surface area contributed by atoms with Crippen LogP contribution in [0.15, 0.2) is 54.6 Å². The van der Waals surface area contributed by atoms with Crippen LogP contribution in [0.5, 0.6) is 0 Å². The van der Waals surface area contributed by atoms with Gasteiger partial charge in [-0.05, 0) is 49.6 Å². The van der Waals surface area contributed by atoms with E-state index in [1.807, 2.05) is 30.3 Å². The van der Waals surface area contributed by atoms with E-state index in [1.165, 1.54) is 0 Å². The lowest BCUT2D eigenvalue weighted by Crippen LogP contribution is -2.44.